The van der Waals surface area contributed by atoms with Gasteiger partial charge in [-0.1, -0.05) is 13.8 Å². The summed E-state index contributed by atoms with van der Waals surface area (Å²) < 4.78 is 9.37. The third kappa shape index (κ3) is 3.07. The maximum Gasteiger partial charge on any atom is 0.322 e. The molecule has 9 heteroatoms. The molecule has 0 spiro atoms. The fraction of sp³-hybridized carbons (Fsp3) is 0.562. The minimum atomic E-state index is 0.132. The number of piperidine rings is 1. The highest BCUT2D eigenvalue weighted by atomic mass is 16.5. The molecule has 9 nitrogen and oxygen atoms in total. The molecular weight excluding hydrogens is 320 g/mol. The van der Waals surface area contributed by atoms with E-state index in [1.54, 1.807) is 15.5 Å². The molecule has 0 bridgehead atoms. The second-order valence-electron chi connectivity index (χ2n) is 6.76. The van der Waals surface area contributed by atoms with Crippen molar-refractivity contribution in [3.63, 3.8) is 0 Å². The van der Waals surface area contributed by atoms with Gasteiger partial charge in [-0.25, -0.2) is 4.98 Å². The van der Waals surface area contributed by atoms with Gasteiger partial charge in [0.2, 0.25) is 0 Å². The summed E-state index contributed by atoms with van der Waals surface area (Å²) in [6.07, 6.45) is 6.97. The average molecular weight is 342 g/mol. The van der Waals surface area contributed by atoms with Crippen LogP contribution < -0.4 is 4.74 Å². The molecule has 4 heterocycles. The SMILES string of the molecule is CC(C)c1cnn2c(-n3cncn3)nc(OC3CCN(C)CC3)nc12. The van der Waals surface area contributed by atoms with E-state index in [1.807, 2.05) is 6.20 Å². The summed E-state index contributed by atoms with van der Waals surface area (Å²) in [6.45, 7) is 6.27. The Morgan fingerprint density at radius 3 is 2.64 bits per heavy atom. The molecule has 3 aromatic heterocycles. The van der Waals surface area contributed by atoms with Crippen LogP contribution in [-0.2, 0) is 0 Å². The molecule has 1 aliphatic heterocycles. The molecule has 0 amide bonds. The second-order valence-corrected chi connectivity index (χ2v) is 6.76. The highest BCUT2D eigenvalue weighted by Gasteiger charge is 2.22. The summed E-state index contributed by atoms with van der Waals surface area (Å²) in [6, 6.07) is 0.370. The van der Waals surface area contributed by atoms with E-state index in [9.17, 15) is 0 Å². The molecule has 0 atom stereocenters. The van der Waals surface area contributed by atoms with Crippen LogP contribution >= 0.6 is 0 Å². The maximum atomic E-state index is 6.10. The van der Waals surface area contributed by atoms with Crippen LogP contribution in [0.5, 0.6) is 6.01 Å². The molecule has 0 radical (unpaired) electrons. The molecule has 4 rings (SSSR count). The summed E-state index contributed by atoms with van der Waals surface area (Å²) in [7, 11) is 2.13. The zero-order chi connectivity index (χ0) is 17.4. The molecule has 0 unspecified atom stereocenters. The third-order valence-corrected chi connectivity index (χ3v) is 4.54. The number of likely N-dealkylation sites (tertiary alicyclic amines) is 1. The lowest BCUT2D eigenvalue weighted by Crippen LogP contribution is -2.36. The first kappa shape index (κ1) is 15.9. The Bertz CT molecular complexity index is 849. The van der Waals surface area contributed by atoms with Crippen molar-refractivity contribution >= 4 is 5.65 Å². The number of hydrogen-bond donors (Lipinski definition) is 0. The van der Waals surface area contributed by atoms with Gasteiger partial charge in [0, 0.05) is 18.7 Å². The van der Waals surface area contributed by atoms with Crippen LogP contribution in [0.1, 0.15) is 38.2 Å². The van der Waals surface area contributed by atoms with Gasteiger partial charge in [-0.05, 0) is 25.8 Å². The predicted octanol–water partition coefficient (Wildman–Crippen LogP) is 1.30. The van der Waals surface area contributed by atoms with Gasteiger partial charge in [0.05, 0.1) is 6.20 Å². The zero-order valence-corrected chi connectivity index (χ0v) is 14.7. The molecule has 0 N–H and O–H groups in total. The van der Waals surface area contributed by atoms with Gasteiger partial charge in [-0.3, -0.25) is 0 Å². The Labute approximate surface area is 145 Å². The fourth-order valence-electron chi connectivity index (χ4n) is 3.03. The zero-order valence-electron chi connectivity index (χ0n) is 14.7. The lowest BCUT2D eigenvalue weighted by atomic mass is 10.1. The van der Waals surface area contributed by atoms with Gasteiger partial charge in [0.15, 0.2) is 5.65 Å². The summed E-state index contributed by atoms with van der Waals surface area (Å²) in [4.78, 5) is 15.5. The molecular formula is C16H22N8O. The molecule has 0 saturated carbocycles. The first-order valence-corrected chi connectivity index (χ1v) is 8.57. The van der Waals surface area contributed by atoms with Gasteiger partial charge >= 0.3 is 6.01 Å². The van der Waals surface area contributed by atoms with Crippen molar-refractivity contribution in [3.8, 4) is 12.0 Å². The quantitative estimate of drug-likeness (QED) is 0.706. The van der Waals surface area contributed by atoms with E-state index in [-0.39, 0.29) is 6.10 Å². The summed E-state index contributed by atoms with van der Waals surface area (Å²) >= 11 is 0. The van der Waals surface area contributed by atoms with Crippen LogP contribution in [0.2, 0.25) is 0 Å². The van der Waals surface area contributed by atoms with Gasteiger partial charge in [0.25, 0.3) is 5.95 Å². The fourth-order valence-corrected chi connectivity index (χ4v) is 3.03. The van der Waals surface area contributed by atoms with E-state index >= 15 is 0 Å². The van der Waals surface area contributed by atoms with Crippen LogP contribution in [0.15, 0.2) is 18.9 Å². The van der Waals surface area contributed by atoms with Crippen molar-refractivity contribution in [1.29, 1.82) is 0 Å². The highest BCUT2D eigenvalue weighted by molar-refractivity contribution is 5.50. The Morgan fingerprint density at radius 2 is 1.96 bits per heavy atom. The van der Waals surface area contributed by atoms with E-state index in [0.29, 0.717) is 17.9 Å². The smallest absolute Gasteiger partial charge is 0.322 e. The number of rotatable bonds is 4. The van der Waals surface area contributed by atoms with Crippen LogP contribution in [0, 0.1) is 0 Å². The van der Waals surface area contributed by atoms with E-state index < -0.39 is 0 Å². The minimum Gasteiger partial charge on any atom is -0.460 e. The maximum absolute atomic E-state index is 6.10. The number of nitrogens with zero attached hydrogens (tertiary/aromatic N) is 8. The lowest BCUT2D eigenvalue weighted by molar-refractivity contribution is 0.105. The number of fused-ring (bicyclic) bond motifs is 1. The summed E-state index contributed by atoms with van der Waals surface area (Å²) in [5.41, 5.74) is 1.80. The molecule has 1 fully saturated rings. The topological polar surface area (TPSA) is 86.3 Å². The van der Waals surface area contributed by atoms with Crippen molar-refractivity contribution < 1.29 is 4.74 Å². The lowest BCUT2D eigenvalue weighted by Gasteiger charge is -2.28. The largest absolute Gasteiger partial charge is 0.460 e. The van der Waals surface area contributed by atoms with Crippen LogP contribution in [0.25, 0.3) is 11.6 Å². The molecule has 132 valence electrons. The van der Waals surface area contributed by atoms with E-state index in [1.165, 1.54) is 6.33 Å². The van der Waals surface area contributed by atoms with Crippen LogP contribution in [0.3, 0.4) is 0 Å². The normalized spacial score (nSPS) is 16.8. The van der Waals surface area contributed by atoms with Crippen molar-refractivity contribution in [2.24, 2.45) is 0 Å². The van der Waals surface area contributed by atoms with E-state index in [4.69, 9.17) is 4.74 Å². The van der Waals surface area contributed by atoms with Gasteiger partial charge < -0.3 is 9.64 Å². The minimum absolute atomic E-state index is 0.132. The van der Waals surface area contributed by atoms with Crippen LogP contribution in [-0.4, -0.2) is 65.5 Å². The Hall–Kier alpha value is -2.55. The van der Waals surface area contributed by atoms with E-state index in [0.717, 1.165) is 37.1 Å². The first-order valence-electron chi connectivity index (χ1n) is 8.57. The molecule has 25 heavy (non-hydrogen) atoms. The van der Waals surface area contributed by atoms with Crippen molar-refractivity contribution in [1.82, 2.24) is 39.2 Å². The molecule has 1 aliphatic rings. The molecule has 3 aromatic rings. The molecule has 1 saturated heterocycles. The van der Waals surface area contributed by atoms with Gasteiger partial charge in [0.1, 0.15) is 18.8 Å². The van der Waals surface area contributed by atoms with Crippen molar-refractivity contribution in [2.45, 2.75) is 38.7 Å². The second kappa shape index (κ2) is 6.40. The molecule has 0 aromatic carbocycles. The Kier molecular flexibility index (Phi) is 4.08. The van der Waals surface area contributed by atoms with Crippen LogP contribution in [0.4, 0.5) is 0 Å². The third-order valence-electron chi connectivity index (χ3n) is 4.54. The van der Waals surface area contributed by atoms with Gasteiger partial charge in [-0.15, -0.1) is 0 Å². The monoisotopic (exact) mass is 342 g/mol. The first-order chi connectivity index (χ1) is 12.1. The Balaban J connectivity index is 1.75. The number of aromatic nitrogens is 7. The van der Waals surface area contributed by atoms with Crippen molar-refractivity contribution in [2.75, 3.05) is 20.1 Å². The Morgan fingerprint density at radius 1 is 1.16 bits per heavy atom. The summed E-state index contributed by atoms with van der Waals surface area (Å²) in [5, 5.41) is 8.62. The number of ether oxygens (including phenoxy) is 1. The molecule has 0 aliphatic carbocycles. The van der Waals surface area contributed by atoms with E-state index in [2.05, 4.69) is 50.9 Å². The van der Waals surface area contributed by atoms with Crippen molar-refractivity contribution in [3.05, 3.63) is 24.4 Å². The predicted molar refractivity (Wildman–Crippen MR) is 90.9 cm³/mol. The van der Waals surface area contributed by atoms with Gasteiger partial charge in [-0.2, -0.15) is 29.4 Å². The highest BCUT2D eigenvalue weighted by Crippen LogP contribution is 2.23. The summed E-state index contributed by atoms with van der Waals surface area (Å²) in [5.74, 6) is 0.824. The number of hydrogen-bond acceptors (Lipinski definition) is 7. The standard InChI is InChI=1S/C16H22N8O/c1-11(2)13-8-18-24-14(13)20-15(21-16(24)23-10-17-9-19-23)25-12-4-6-22(3)7-5-12/h8-12H,4-7H2,1-3H3. The average Bonchev–Trinajstić information content (AvgIpc) is 3.25.